The fraction of sp³-hybridized carbons (Fsp3) is 0.375. The molecule has 2 aromatic rings. The van der Waals surface area contributed by atoms with E-state index in [0.717, 1.165) is 13.2 Å². The highest BCUT2D eigenvalue weighted by Gasteiger charge is 2.33. The maximum Gasteiger partial charge on any atom is 0.573 e. The van der Waals surface area contributed by atoms with Crippen LogP contribution in [0.1, 0.15) is 15.9 Å². The first kappa shape index (κ1) is 20.4. The summed E-state index contributed by atoms with van der Waals surface area (Å²) < 4.78 is 52.7. The van der Waals surface area contributed by atoms with Crippen LogP contribution in [0, 0.1) is 10.1 Å². The molecule has 0 fully saturated rings. The van der Waals surface area contributed by atoms with Crippen LogP contribution in [0.4, 0.5) is 19.0 Å². The molecular weight excluding hydrogens is 401 g/mol. The molecule has 1 aliphatic heterocycles. The Labute approximate surface area is 161 Å². The molecule has 1 aromatic heterocycles. The van der Waals surface area contributed by atoms with Crippen LogP contribution in [0.5, 0.6) is 11.8 Å². The van der Waals surface area contributed by atoms with Crippen molar-refractivity contribution in [2.75, 3.05) is 13.7 Å². The molecule has 0 unspecified atom stereocenters. The summed E-state index contributed by atoms with van der Waals surface area (Å²) in [6.07, 6.45) is -3.70. The number of hydrogen-bond donors (Lipinski definition) is 1. The fourth-order valence-corrected chi connectivity index (χ4v) is 2.74. The molecule has 0 radical (unpaired) electrons. The van der Waals surface area contributed by atoms with Gasteiger partial charge in [0.25, 0.3) is 0 Å². The fourth-order valence-electron chi connectivity index (χ4n) is 2.74. The van der Waals surface area contributed by atoms with E-state index in [9.17, 15) is 28.1 Å². The number of nitrogens with zero attached hydrogens (tertiary/aromatic N) is 3. The van der Waals surface area contributed by atoms with Gasteiger partial charge in [-0.25, -0.2) is 4.79 Å². The Morgan fingerprint density at radius 3 is 2.90 bits per heavy atom. The van der Waals surface area contributed by atoms with Crippen LogP contribution >= 0.6 is 0 Å². The van der Waals surface area contributed by atoms with E-state index < -0.39 is 23.0 Å². The highest BCUT2D eigenvalue weighted by Crippen LogP contribution is 2.28. The average Bonchev–Trinajstić information content (AvgIpc) is 3.09. The number of rotatable bonds is 6. The van der Waals surface area contributed by atoms with Gasteiger partial charge in [0.2, 0.25) is 0 Å². The summed E-state index contributed by atoms with van der Waals surface area (Å²) in [5.41, 5.74) is 0.138. The molecule has 1 aromatic carbocycles. The summed E-state index contributed by atoms with van der Waals surface area (Å²) in [4.78, 5) is 25.7. The van der Waals surface area contributed by atoms with Crippen LogP contribution in [0.15, 0.2) is 24.4 Å². The van der Waals surface area contributed by atoms with Crippen LogP contribution in [-0.4, -0.2) is 46.6 Å². The van der Waals surface area contributed by atoms with Gasteiger partial charge < -0.3 is 29.6 Å². The Morgan fingerprint density at radius 1 is 1.48 bits per heavy atom. The van der Waals surface area contributed by atoms with Crippen molar-refractivity contribution in [3.8, 4) is 11.8 Å². The summed E-state index contributed by atoms with van der Waals surface area (Å²) in [6.45, 7) is 0.721. The van der Waals surface area contributed by atoms with E-state index in [1.54, 1.807) is 0 Å². The quantitative estimate of drug-likeness (QED) is 0.432. The summed E-state index contributed by atoms with van der Waals surface area (Å²) in [5.74, 6) is -1.96. The van der Waals surface area contributed by atoms with E-state index in [0.29, 0.717) is 12.1 Å². The second-order valence-corrected chi connectivity index (χ2v) is 6.05. The lowest BCUT2D eigenvalue weighted by atomic mass is 10.1. The predicted octanol–water partition coefficient (Wildman–Crippen LogP) is 2.03. The molecule has 1 N–H and O–H groups in total. The zero-order valence-corrected chi connectivity index (χ0v) is 14.9. The second kappa shape index (κ2) is 7.95. The van der Waals surface area contributed by atoms with Gasteiger partial charge in [-0.3, -0.25) is 4.57 Å². The maximum absolute atomic E-state index is 12.5. The zero-order valence-electron chi connectivity index (χ0n) is 14.9. The minimum absolute atomic E-state index is 0.136. The number of imidazole rings is 1. The molecule has 0 spiro atoms. The van der Waals surface area contributed by atoms with Crippen molar-refractivity contribution in [3.05, 3.63) is 45.6 Å². The Bertz CT molecular complexity index is 930. The zero-order chi connectivity index (χ0) is 21.2. The van der Waals surface area contributed by atoms with E-state index in [1.807, 2.05) is 0 Å². The average molecular weight is 416 g/mol. The van der Waals surface area contributed by atoms with Crippen LogP contribution in [0.3, 0.4) is 0 Å². The molecule has 0 saturated carbocycles. The molecule has 1 aliphatic rings. The number of alkyl halides is 3. The van der Waals surface area contributed by atoms with Crippen LogP contribution in [0.25, 0.3) is 0 Å². The van der Waals surface area contributed by atoms with Gasteiger partial charge in [0.15, 0.2) is 0 Å². The molecule has 13 heteroatoms. The van der Waals surface area contributed by atoms with E-state index in [-0.39, 0.29) is 36.6 Å². The topological polar surface area (TPSA) is 118 Å². The molecule has 2 heterocycles. The minimum Gasteiger partial charge on any atom is -0.465 e. The van der Waals surface area contributed by atoms with Gasteiger partial charge in [-0.1, -0.05) is 6.07 Å². The standard InChI is InChI=1S/C16H15F3N4O6/c1-27-14(24)11-4-9(2-3-12(11)29-16(17,18)19)5-20-10-6-22-7-13(23(25)26)21-15(22)28-8-10/h2-4,7,10,20H,5-6,8H2,1H3/t10-/m0/s1. The molecule has 29 heavy (non-hydrogen) atoms. The van der Waals surface area contributed by atoms with Crippen LogP contribution in [-0.2, 0) is 17.8 Å². The number of carbonyl (C=O) groups excluding carboxylic acids is 1. The number of fused-ring (bicyclic) bond motifs is 1. The Kier molecular flexibility index (Phi) is 5.59. The number of nitro groups is 1. The smallest absolute Gasteiger partial charge is 0.465 e. The molecular formula is C16H15F3N4O6. The first-order valence-corrected chi connectivity index (χ1v) is 8.21. The molecule has 0 amide bonds. The van der Waals surface area contributed by atoms with Crippen molar-refractivity contribution in [2.45, 2.75) is 25.5 Å². The summed E-state index contributed by atoms with van der Waals surface area (Å²) in [5, 5.41) is 13.9. The third kappa shape index (κ3) is 4.93. The first-order chi connectivity index (χ1) is 13.7. The molecule has 156 valence electrons. The lowest BCUT2D eigenvalue weighted by molar-refractivity contribution is -0.389. The monoisotopic (exact) mass is 416 g/mol. The van der Waals surface area contributed by atoms with E-state index in [1.165, 1.54) is 22.9 Å². The number of nitrogens with one attached hydrogen (secondary N) is 1. The van der Waals surface area contributed by atoms with Gasteiger partial charge >= 0.3 is 24.2 Å². The second-order valence-electron chi connectivity index (χ2n) is 6.05. The van der Waals surface area contributed by atoms with Crippen molar-refractivity contribution in [3.63, 3.8) is 0 Å². The SMILES string of the molecule is COC(=O)c1cc(CN[C@@H]2COc3nc([N+](=O)[O-])cn3C2)ccc1OC(F)(F)F. The summed E-state index contributed by atoms with van der Waals surface area (Å²) >= 11 is 0. The van der Waals surface area contributed by atoms with Gasteiger partial charge in [-0.15, -0.1) is 13.2 Å². The van der Waals surface area contributed by atoms with Crippen LogP contribution < -0.4 is 14.8 Å². The number of carbonyl (C=O) groups is 1. The molecule has 0 aliphatic carbocycles. The van der Waals surface area contributed by atoms with Gasteiger partial charge in [-0.2, -0.15) is 0 Å². The highest BCUT2D eigenvalue weighted by molar-refractivity contribution is 5.92. The molecule has 10 nitrogen and oxygen atoms in total. The van der Waals surface area contributed by atoms with Gasteiger partial charge in [-0.05, 0) is 22.6 Å². The normalized spacial score (nSPS) is 15.9. The molecule has 0 bridgehead atoms. The van der Waals surface area contributed by atoms with Crippen molar-refractivity contribution in [1.29, 1.82) is 0 Å². The van der Waals surface area contributed by atoms with Crippen LogP contribution in [0.2, 0.25) is 0 Å². The van der Waals surface area contributed by atoms with E-state index >= 15 is 0 Å². The molecule has 3 rings (SSSR count). The Morgan fingerprint density at radius 2 is 2.24 bits per heavy atom. The number of methoxy groups -OCH3 is 1. The first-order valence-electron chi connectivity index (χ1n) is 8.21. The number of esters is 1. The number of aromatic nitrogens is 2. The van der Waals surface area contributed by atoms with Gasteiger partial charge in [0, 0.05) is 18.1 Å². The predicted molar refractivity (Wildman–Crippen MR) is 89.5 cm³/mol. The highest BCUT2D eigenvalue weighted by atomic mass is 19.4. The van der Waals surface area contributed by atoms with Gasteiger partial charge in [0.1, 0.15) is 24.1 Å². The largest absolute Gasteiger partial charge is 0.573 e. The number of hydrogen-bond acceptors (Lipinski definition) is 8. The van der Waals surface area contributed by atoms with E-state index in [2.05, 4.69) is 19.8 Å². The Balaban J connectivity index is 1.68. The van der Waals surface area contributed by atoms with E-state index in [4.69, 9.17) is 4.74 Å². The Hall–Kier alpha value is -3.35. The summed E-state index contributed by atoms with van der Waals surface area (Å²) in [7, 11) is 1.05. The number of ether oxygens (including phenoxy) is 3. The molecule has 1 atom stereocenters. The third-order valence-electron chi connectivity index (χ3n) is 4.01. The summed E-state index contributed by atoms with van der Waals surface area (Å²) in [6, 6.07) is 3.53. The van der Waals surface area contributed by atoms with Gasteiger partial charge in [0.05, 0.1) is 13.2 Å². The van der Waals surface area contributed by atoms with Crippen molar-refractivity contribution < 1.29 is 37.1 Å². The third-order valence-corrected chi connectivity index (χ3v) is 4.01. The number of benzene rings is 1. The maximum atomic E-state index is 12.5. The number of halogens is 3. The van der Waals surface area contributed by atoms with Crippen molar-refractivity contribution >= 4 is 11.8 Å². The lowest BCUT2D eigenvalue weighted by Crippen LogP contribution is -2.41. The van der Waals surface area contributed by atoms with Crippen molar-refractivity contribution in [2.24, 2.45) is 0 Å². The lowest BCUT2D eigenvalue weighted by Gasteiger charge is -2.23. The minimum atomic E-state index is -4.95. The van der Waals surface area contributed by atoms with Crippen molar-refractivity contribution in [1.82, 2.24) is 14.9 Å². The molecule has 0 saturated heterocycles.